The summed E-state index contributed by atoms with van der Waals surface area (Å²) in [6.07, 6.45) is 0. The fraction of sp³-hybridized carbons (Fsp3) is 0.545. The Kier molecular flexibility index (Phi) is 7.52. The predicted molar refractivity (Wildman–Crippen MR) is 130 cm³/mol. The monoisotopic (exact) mass is 466 g/mol. The summed E-state index contributed by atoms with van der Waals surface area (Å²) in [7, 11) is 2.26. The van der Waals surface area contributed by atoms with Crippen molar-refractivity contribution >= 4 is 42.4 Å². The first-order valence-corrected chi connectivity index (χ1v) is 10.6. The number of aromatic nitrogens is 2. The Morgan fingerprint density at radius 1 is 1.00 bits per heavy atom. The highest BCUT2D eigenvalue weighted by molar-refractivity contribution is 5.85. The lowest BCUT2D eigenvalue weighted by Gasteiger charge is -2.30. The van der Waals surface area contributed by atoms with Crippen molar-refractivity contribution in [3.8, 4) is 0 Å². The minimum atomic E-state index is 0. The van der Waals surface area contributed by atoms with Gasteiger partial charge in [0.25, 0.3) is 0 Å². The van der Waals surface area contributed by atoms with Crippen LogP contribution in [0.5, 0.6) is 0 Å². The van der Waals surface area contributed by atoms with Crippen molar-refractivity contribution in [1.82, 2.24) is 14.9 Å². The van der Waals surface area contributed by atoms with Gasteiger partial charge in [-0.15, -0.1) is 24.8 Å². The van der Waals surface area contributed by atoms with E-state index in [0.717, 1.165) is 44.5 Å². The molecule has 2 aromatic rings. The van der Waals surface area contributed by atoms with E-state index in [4.69, 9.17) is 15.5 Å². The Labute approximate surface area is 196 Å². The Bertz CT molecular complexity index is 894. The number of nitrogens with two attached hydrogens (primary N) is 1. The first-order valence-electron chi connectivity index (χ1n) is 10.6. The van der Waals surface area contributed by atoms with Gasteiger partial charge in [0.2, 0.25) is 5.95 Å². The molecular weight excluding hydrogens is 435 g/mol. The molecule has 0 radical (unpaired) electrons. The van der Waals surface area contributed by atoms with Crippen molar-refractivity contribution in [1.29, 1.82) is 0 Å². The van der Waals surface area contributed by atoms with Crippen LogP contribution >= 0.6 is 24.8 Å². The van der Waals surface area contributed by atoms with Crippen molar-refractivity contribution in [3.63, 3.8) is 0 Å². The van der Waals surface area contributed by atoms with Gasteiger partial charge < -0.3 is 20.3 Å². The second kappa shape index (κ2) is 9.77. The van der Waals surface area contributed by atoms with Gasteiger partial charge >= 0.3 is 0 Å². The highest BCUT2D eigenvalue weighted by atomic mass is 35.5. The molecule has 4 heterocycles. The molecule has 3 fully saturated rings. The molecule has 1 aromatic carbocycles. The van der Waals surface area contributed by atoms with E-state index in [1.54, 1.807) is 0 Å². The molecule has 9 heteroatoms. The first-order chi connectivity index (χ1) is 14.1. The van der Waals surface area contributed by atoms with Crippen LogP contribution in [0.25, 0.3) is 0 Å². The number of anilines is 3. The molecule has 7 nitrogen and oxygen atoms in total. The number of hydrogen-bond acceptors (Lipinski definition) is 7. The third-order valence-electron chi connectivity index (χ3n) is 6.74. The summed E-state index contributed by atoms with van der Waals surface area (Å²) in [6.45, 7) is 8.43. The van der Waals surface area contributed by atoms with Gasteiger partial charge in [0.05, 0.1) is 13.2 Å². The summed E-state index contributed by atoms with van der Waals surface area (Å²) in [6, 6.07) is 11.2. The van der Waals surface area contributed by atoms with Crippen LogP contribution in [0.3, 0.4) is 0 Å². The minimum Gasteiger partial charge on any atom is -0.383 e. The van der Waals surface area contributed by atoms with E-state index in [9.17, 15) is 0 Å². The van der Waals surface area contributed by atoms with Gasteiger partial charge in [0, 0.05) is 50.7 Å². The van der Waals surface area contributed by atoms with E-state index in [-0.39, 0.29) is 24.8 Å². The summed E-state index contributed by atoms with van der Waals surface area (Å²) in [5.41, 5.74) is 9.00. The molecule has 2 N–H and O–H groups in total. The van der Waals surface area contributed by atoms with E-state index in [1.165, 1.54) is 11.1 Å². The average Bonchev–Trinajstić information content (AvgIpc) is 3.26. The lowest BCUT2D eigenvalue weighted by molar-refractivity contribution is 0.122. The van der Waals surface area contributed by atoms with E-state index < -0.39 is 0 Å². The number of fused-ring (bicyclic) bond motifs is 1. The maximum atomic E-state index is 6.17. The number of hydrogen-bond donors (Lipinski definition) is 1. The quantitative estimate of drug-likeness (QED) is 0.745. The number of likely N-dealkylation sites (tertiary alicyclic amines) is 1. The molecule has 0 spiro atoms. The van der Waals surface area contributed by atoms with E-state index in [1.807, 2.05) is 6.07 Å². The molecule has 3 aliphatic rings. The number of aryl methyl sites for hydroxylation is 1. The zero-order valence-electron chi connectivity index (χ0n) is 18.1. The predicted octanol–water partition coefficient (Wildman–Crippen LogP) is 2.79. The molecule has 3 aliphatic heterocycles. The third-order valence-corrected chi connectivity index (χ3v) is 6.74. The standard InChI is InChI=1S/C22H30N6O.2ClH/c1-15-5-3-4-6-17(15)21-18-14-28(13-16(18)12-26(21)2)20-11-19(23)24-22(25-20)27-7-9-29-10-8-27;;/h3-6,11,16,18,21H,7-10,12-14H2,1-2H3,(H2,23,24,25);2*1H/t16-,18+,21-;;/m0../s1. The normalized spacial score (nSPS) is 25.7. The maximum Gasteiger partial charge on any atom is 0.229 e. The number of benzene rings is 1. The molecule has 0 unspecified atom stereocenters. The van der Waals surface area contributed by atoms with Crippen LogP contribution in [-0.4, -0.2) is 67.9 Å². The van der Waals surface area contributed by atoms with Crippen LogP contribution in [0.1, 0.15) is 17.2 Å². The van der Waals surface area contributed by atoms with Crippen molar-refractivity contribution in [3.05, 3.63) is 41.5 Å². The fourth-order valence-electron chi connectivity index (χ4n) is 5.34. The number of nitrogen functional groups attached to an aromatic ring is 1. The first kappa shape index (κ1) is 23.9. The number of morpholine rings is 1. The van der Waals surface area contributed by atoms with Crippen LogP contribution in [0.15, 0.2) is 30.3 Å². The van der Waals surface area contributed by atoms with Crippen LogP contribution in [0, 0.1) is 18.8 Å². The van der Waals surface area contributed by atoms with Gasteiger partial charge in [-0.25, -0.2) is 0 Å². The molecule has 31 heavy (non-hydrogen) atoms. The Hall–Kier alpha value is -1.80. The second-order valence-electron chi connectivity index (χ2n) is 8.62. The lowest BCUT2D eigenvalue weighted by Crippen LogP contribution is -2.38. The zero-order chi connectivity index (χ0) is 20.0. The average molecular weight is 467 g/mol. The topological polar surface area (TPSA) is 70.8 Å². The molecule has 0 bridgehead atoms. The van der Waals surface area contributed by atoms with Crippen molar-refractivity contribution in [2.45, 2.75) is 13.0 Å². The smallest absolute Gasteiger partial charge is 0.229 e. The summed E-state index contributed by atoms with van der Waals surface area (Å²) in [5.74, 6) is 3.48. The van der Waals surface area contributed by atoms with Crippen LogP contribution in [-0.2, 0) is 4.74 Å². The number of rotatable bonds is 3. The van der Waals surface area contributed by atoms with Gasteiger partial charge in [-0.3, -0.25) is 4.90 Å². The molecular formula is C22H32Cl2N6O. The largest absolute Gasteiger partial charge is 0.383 e. The Balaban J connectivity index is 0.00000136. The lowest BCUT2D eigenvalue weighted by atomic mass is 9.88. The van der Waals surface area contributed by atoms with Crippen LogP contribution in [0.4, 0.5) is 17.6 Å². The molecule has 3 saturated heterocycles. The van der Waals surface area contributed by atoms with Crippen molar-refractivity contribution < 1.29 is 4.74 Å². The van der Waals surface area contributed by atoms with Gasteiger partial charge in [0.15, 0.2) is 0 Å². The molecule has 3 atom stereocenters. The number of halogens is 2. The third kappa shape index (κ3) is 4.55. The van der Waals surface area contributed by atoms with E-state index >= 15 is 0 Å². The Morgan fingerprint density at radius 3 is 2.48 bits per heavy atom. The molecule has 170 valence electrons. The molecule has 1 aromatic heterocycles. The van der Waals surface area contributed by atoms with Gasteiger partial charge in [0.1, 0.15) is 11.6 Å². The van der Waals surface area contributed by atoms with Crippen molar-refractivity contribution in [2.24, 2.45) is 11.8 Å². The second-order valence-corrected chi connectivity index (χ2v) is 8.62. The number of nitrogens with zero attached hydrogens (tertiary/aromatic N) is 5. The highest BCUT2D eigenvalue weighted by Gasteiger charge is 2.46. The fourth-order valence-corrected chi connectivity index (χ4v) is 5.34. The Morgan fingerprint density at radius 2 is 1.74 bits per heavy atom. The van der Waals surface area contributed by atoms with Crippen molar-refractivity contribution in [2.75, 3.05) is 68.5 Å². The minimum absolute atomic E-state index is 0. The molecule has 0 saturated carbocycles. The summed E-state index contributed by atoms with van der Waals surface area (Å²) < 4.78 is 5.46. The maximum absolute atomic E-state index is 6.17. The SMILES string of the molecule is Cc1ccccc1[C@H]1[C@@H]2CN(c3cc(N)nc(N4CCOCC4)n3)C[C@@H]2CN1C.Cl.Cl. The number of ether oxygens (including phenoxy) is 1. The van der Waals surface area contributed by atoms with Crippen LogP contribution < -0.4 is 15.5 Å². The highest BCUT2D eigenvalue weighted by Crippen LogP contribution is 2.45. The molecule has 0 aliphatic carbocycles. The van der Waals surface area contributed by atoms with E-state index in [0.29, 0.717) is 36.9 Å². The summed E-state index contributed by atoms with van der Waals surface area (Å²) in [4.78, 5) is 16.5. The summed E-state index contributed by atoms with van der Waals surface area (Å²) >= 11 is 0. The van der Waals surface area contributed by atoms with Crippen LogP contribution in [0.2, 0.25) is 0 Å². The molecule has 5 rings (SSSR count). The molecule has 0 amide bonds. The van der Waals surface area contributed by atoms with Gasteiger partial charge in [-0.1, -0.05) is 24.3 Å². The summed E-state index contributed by atoms with van der Waals surface area (Å²) in [5, 5.41) is 0. The van der Waals surface area contributed by atoms with E-state index in [2.05, 4.69) is 57.9 Å². The van der Waals surface area contributed by atoms with Gasteiger partial charge in [-0.05, 0) is 31.0 Å². The zero-order valence-corrected chi connectivity index (χ0v) is 19.7. The van der Waals surface area contributed by atoms with Gasteiger partial charge in [-0.2, -0.15) is 9.97 Å².